The van der Waals surface area contributed by atoms with Crippen LogP contribution in [0.3, 0.4) is 0 Å². The van der Waals surface area contributed by atoms with Crippen LogP contribution in [0, 0.1) is 10.1 Å². The lowest BCUT2D eigenvalue weighted by atomic mass is 10.2. The molecule has 2 aromatic carbocycles. The van der Waals surface area contributed by atoms with Crippen LogP contribution in [0.5, 0.6) is 0 Å². The zero-order valence-corrected chi connectivity index (χ0v) is 16.6. The van der Waals surface area contributed by atoms with Crippen LogP contribution in [-0.2, 0) is 6.54 Å². The first-order valence-electron chi connectivity index (χ1n) is 7.97. The molecule has 142 valence electrons. The van der Waals surface area contributed by atoms with E-state index in [9.17, 15) is 14.9 Å². The predicted molar refractivity (Wildman–Crippen MR) is 109 cm³/mol. The van der Waals surface area contributed by atoms with Gasteiger partial charge in [-0.1, -0.05) is 35.9 Å². The molecule has 0 unspecified atom stereocenters. The molecule has 0 atom stereocenters. The van der Waals surface area contributed by atoms with Crippen molar-refractivity contribution in [2.75, 3.05) is 0 Å². The van der Waals surface area contributed by atoms with Gasteiger partial charge in [-0.05, 0) is 39.2 Å². The third-order valence-corrected chi connectivity index (χ3v) is 4.47. The highest BCUT2D eigenvalue weighted by molar-refractivity contribution is 9.10. The average molecular weight is 463 g/mol. The molecule has 0 saturated heterocycles. The monoisotopic (exact) mass is 461 g/mol. The van der Waals surface area contributed by atoms with E-state index in [4.69, 9.17) is 11.6 Å². The summed E-state index contributed by atoms with van der Waals surface area (Å²) in [6.45, 7) is 0.357. The Morgan fingerprint density at radius 3 is 2.75 bits per heavy atom. The number of benzene rings is 2. The highest BCUT2D eigenvalue weighted by atomic mass is 79.9. The Hall–Kier alpha value is -3.04. The highest BCUT2D eigenvalue weighted by Crippen LogP contribution is 2.17. The Morgan fingerprint density at radius 1 is 1.32 bits per heavy atom. The summed E-state index contributed by atoms with van der Waals surface area (Å²) in [6.07, 6.45) is 3.13. The molecule has 8 nitrogen and oxygen atoms in total. The molecule has 0 radical (unpaired) electrons. The molecule has 0 aliphatic heterocycles. The van der Waals surface area contributed by atoms with Crippen molar-refractivity contribution in [2.24, 2.45) is 5.10 Å². The van der Waals surface area contributed by atoms with E-state index in [1.807, 2.05) is 0 Å². The molecule has 0 fully saturated rings. The van der Waals surface area contributed by atoms with Gasteiger partial charge in [0.2, 0.25) is 0 Å². The van der Waals surface area contributed by atoms with E-state index in [0.717, 1.165) is 11.1 Å². The third kappa shape index (κ3) is 5.02. The number of carbonyl (C=O) groups is 1. The van der Waals surface area contributed by atoms with Gasteiger partial charge in [-0.25, -0.2) is 5.43 Å². The molecule has 3 aromatic rings. The quantitative estimate of drug-likeness (QED) is 0.339. The first kappa shape index (κ1) is 19.7. The molecule has 1 N–H and O–H groups in total. The molecule has 0 aliphatic carbocycles. The van der Waals surface area contributed by atoms with Crippen LogP contribution < -0.4 is 5.43 Å². The number of non-ortho nitro benzene ring substituents is 1. The molecule has 1 heterocycles. The number of hydrogen-bond donors (Lipinski definition) is 1. The number of nitro groups is 1. The number of amides is 1. The van der Waals surface area contributed by atoms with E-state index in [0.29, 0.717) is 16.0 Å². The van der Waals surface area contributed by atoms with E-state index >= 15 is 0 Å². The number of aromatic nitrogens is 2. The van der Waals surface area contributed by atoms with Crippen molar-refractivity contribution in [1.29, 1.82) is 0 Å². The van der Waals surface area contributed by atoms with Crippen molar-refractivity contribution in [3.8, 4) is 0 Å². The zero-order chi connectivity index (χ0) is 20.1. The largest absolute Gasteiger partial charge is 0.293 e. The van der Waals surface area contributed by atoms with Crippen LogP contribution in [0.25, 0.3) is 0 Å². The Kier molecular flexibility index (Phi) is 6.17. The standard InChI is InChI=1S/C18H13BrClN5O3/c19-16-11-24(10-12-4-6-15(7-5-12)25(27)28)23-17(16)18(26)22-21-9-13-2-1-3-14(20)8-13/h1-9,11H,10H2,(H,22,26). The van der Waals surface area contributed by atoms with Crippen LogP contribution in [0.15, 0.2) is 64.3 Å². The Balaban J connectivity index is 1.65. The first-order chi connectivity index (χ1) is 13.4. The topological polar surface area (TPSA) is 102 Å². The fourth-order valence-corrected chi connectivity index (χ4v) is 3.04. The van der Waals surface area contributed by atoms with E-state index in [1.165, 1.54) is 18.3 Å². The van der Waals surface area contributed by atoms with Crippen LogP contribution in [0.1, 0.15) is 21.6 Å². The fourth-order valence-electron chi connectivity index (χ4n) is 2.35. The maximum absolute atomic E-state index is 12.3. The second-order valence-corrected chi connectivity index (χ2v) is 6.99. The summed E-state index contributed by atoms with van der Waals surface area (Å²) in [7, 11) is 0. The normalized spacial score (nSPS) is 10.9. The Bertz CT molecular complexity index is 1050. The maximum atomic E-state index is 12.3. The summed E-state index contributed by atoms with van der Waals surface area (Å²) < 4.78 is 2.06. The molecule has 28 heavy (non-hydrogen) atoms. The summed E-state index contributed by atoms with van der Waals surface area (Å²) in [5.41, 5.74) is 4.16. The van der Waals surface area contributed by atoms with E-state index in [1.54, 1.807) is 47.3 Å². The number of carbonyl (C=O) groups excluding carboxylic acids is 1. The Morgan fingerprint density at radius 2 is 2.07 bits per heavy atom. The van der Waals surface area contributed by atoms with Gasteiger partial charge in [-0.15, -0.1) is 0 Å². The first-order valence-corrected chi connectivity index (χ1v) is 9.15. The number of hydrogen-bond acceptors (Lipinski definition) is 5. The summed E-state index contributed by atoms with van der Waals surface area (Å²) in [6, 6.07) is 13.2. The van der Waals surface area contributed by atoms with Crippen LogP contribution in [0.2, 0.25) is 5.02 Å². The Labute approximate surface area is 173 Å². The number of nitrogens with zero attached hydrogens (tertiary/aromatic N) is 4. The van der Waals surface area contributed by atoms with E-state index in [2.05, 4.69) is 31.6 Å². The minimum Gasteiger partial charge on any atom is -0.266 e. The number of nitrogens with one attached hydrogen (secondary N) is 1. The van der Waals surface area contributed by atoms with Crippen molar-refractivity contribution in [3.05, 3.63) is 91.2 Å². The molecule has 0 spiro atoms. The molecule has 3 rings (SSSR count). The third-order valence-electron chi connectivity index (χ3n) is 3.65. The van der Waals surface area contributed by atoms with Gasteiger partial charge in [0.1, 0.15) is 0 Å². The van der Waals surface area contributed by atoms with Crippen molar-refractivity contribution in [2.45, 2.75) is 6.54 Å². The average Bonchev–Trinajstić information content (AvgIpc) is 3.02. The maximum Gasteiger partial charge on any atom is 0.293 e. The van der Waals surface area contributed by atoms with Crippen molar-refractivity contribution in [1.82, 2.24) is 15.2 Å². The van der Waals surface area contributed by atoms with Crippen molar-refractivity contribution >= 4 is 45.3 Å². The summed E-state index contributed by atoms with van der Waals surface area (Å²) >= 11 is 9.20. The molecule has 0 aliphatic rings. The number of nitro benzene ring substituents is 1. The lowest BCUT2D eigenvalue weighted by Crippen LogP contribution is -2.19. The van der Waals surface area contributed by atoms with E-state index in [-0.39, 0.29) is 11.4 Å². The summed E-state index contributed by atoms with van der Waals surface area (Å²) in [5.74, 6) is -0.479. The molecule has 0 saturated carbocycles. The lowest BCUT2D eigenvalue weighted by molar-refractivity contribution is -0.384. The second-order valence-electron chi connectivity index (χ2n) is 5.70. The smallest absolute Gasteiger partial charge is 0.266 e. The highest BCUT2D eigenvalue weighted by Gasteiger charge is 2.15. The van der Waals surface area contributed by atoms with Crippen molar-refractivity contribution in [3.63, 3.8) is 0 Å². The van der Waals surface area contributed by atoms with Gasteiger partial charge in [0.15, 0.2) is 5.69 Å². The summed E-state index contributed by atoms with van der Waals surface area (Å²) in [5, 5.41) is 19.4. The minimum absolute atomic E-state index is 0.0167. The summed E-state index contributed by atoms with van der Waals surface area (Å²) in [4.78, 5) is 22.5. The van der Waals surface area contributed by atoms with Gasteiger partial charge >= 0.3 is 0 Å². The zero-order valence-electron chi connectivity index (χ0n) is 14.3. The SMILES string of the molecule is O=C(NN=Cc1cccc(Cl)c1)c1nn(Cc2ccc([N+](=O)[O-])cc2)cc1Br. The van der Waals surface area contributed by atoms with Gasteiger partial charge in [-0.2, -0.15) is 10.2 Å². The molecule has 1 aromatic heterocycles. The molecule has 1 amide bonds. The van der Waals surface area contributed by atoms with Crippen LogP contribution in [-0.4, -0.2) is 26.8 Å². The van der Waals surface area contributed by atoms with Crippen LogP contribution >= 0.6 is 27.5 Å². The van der Waals surface area contributed by atoms with Gasteiger partial charge in [0.25, 0.3) is 11.6 Å². The molecular weight excluding hydrogens is 450 g/mol. The van der Waals surface area contributed by atoms with E-state index < -0.39 is 10.8 Å². The second kappa shape index (κ2) is 8.77. The molecular formula is C18H13BrClN5O3. The minimum atomic E-state index is -0.479. The molecule has 0 bridgehead atoms. The van der Waals surface area contributed by atoms with Gasteiger partial charge < -0.3 is 0 Å². The number of hydrazone groups is 1. The molecule has 10 heteroatoms. The predicted octanol–water partition coefficient (Wildman–Crippen LogP) is 4.02. The number of rotatable bonds is 6. The number of halogens is 2. The van der Waals surface area contributed by atoms with Gasteiger partial charge in [0, 0.05) is 23.4 Å². The fraction of sp³-hybridized carbons (Fsp3) is 0.0556. The lowest BCUT2D eigenvalue weighted by Gasteiger charge is -2.01. The van der Waals surface area contributed by atoms with Crippen molar-refractivity contribution < 1.29 is 9.72 Å². The van der Waals surface area contributed by atoms with Gasteiger partial charge in [-0.3, -0.25) is 19.6 Å². The van der Waals surface area contributed by atoms with Gasteiger partial charge in [0.05, 0.1) is 22.2 Å². The van der Waals surface area contributed by atoms with Crippen LogP contribution in [0.4, 0.5) is 5.69 Å².